The van der Waals surface area contributed by atoms with Crippen LogP contribution in [0.4, 0.5) is 5.69 Å². The summed E-state index contributed by atoms with van der Waals surface area (Å²) in [6, 6.07) is 8.04. The average molecular weight is 219 g/mol. The third kappa shape index (κ3) is 3.69. The molecule has 1 atom stereocenters. The van der Waals surface area contributed by atoms with Crippen molar-refractivity contribution in [3.05, 3.63) is 29.8 Å². The maximum atomic E-state index is 11.8. The van der Waals surface area contributed by atoms with Gasteiger partial charge in [0.15, 0.2) is 0 Å². The molecule has 0 heterocycles. The molecule has 0 fully saturated rings. The molecule has 1 aromatic rings. The van der Waals surface area contributed by atoms with E-state index in [9.17, 15) is 4.79 Å². The Morgan fingerprint density at radius 2 is 2.12 bits per heavy atom. The minimum absolute atomic E-state index is 0.0929. The van der Waals surface area contributed by atoms with Crippen LogP contribution >= 0.6 is 0 Å². The van der Waals surface area contributed by atoms with Crippen molar-refractivity contribution in [2.24, 2.45) is 5.92 Å². The number of hydrogen-bond acceptors (Lipinski definition) is 1. The summed E-state index contributed by atoms with van der Waals surface area (Å²) in [4.78, 5) is 11.8. The quantitative estimate of drug-likeness (QED) is 0.805. The largest absolute Gasteiger partial charge is 0.326 e. The number of carbonyl (C=O) groups excluding carboxylic acids is 1. The van der Waals surface area contributed by atoms with Crippen molar-refractivity contribution in [1.29, 1.82) is 0 Å². The molecule has 0 aliphatic carbocycles. The lowest BCUT2D eigenvalue weighted by atomic mass is 10.1. The van der Waals surface area contributed by atoms with Gasteiger partial charge in [-0.25, -0.2) is 0 Å². The van der Waals surface area contributed by atoms with Gasteiger partial charge in [0.1, 0.15) is 0 Å². The second kappa shape index (κ2) is 6.31. The van der Waals surface area contributed by atoms with E-state index in [1.165, 1.54) is 5.56 Å². The highest BCUT2D eigenvalue weighted by Gasteiger charge is 2.11. The van der Waals surface area contributed by atoms with Crippen LogP contribution < -0.4 is 5.32 Å². The molecule has 0 bridgehead atoms. The SMILES string of the molecule is CCCC(C)C(=O)Nc1cccc(CC)c1. The molecule has 0 aromatic heterocycles. The standard InChI is InChI=1S/C14H21NO/c1-4-7-11(3)14(16)15-13-9-6-8-12(5-2)10-13/h6,8-11H,4-5,7H2,1-3H3,(H,15,16). The van der Waals surface area contributed by atoms with Crippen LogP contribution in [0.25, 0.3) is 0 Å². The predicted octanol–water partition coefficient (Wildman–Crippen LogP) is 3.62. The predicted molar refractivity (Wildman–Crippen MR) is 68.5 cm³/mol. The summed E-state index contributed by atoms with van der Waals surface area (Å²) in [5.74, 6) is 0.213. The van der Waals surface area contributed by atoms with Gasteiger partial charge in [-0.3, -0.25) is 4.79 Å². The third-order valence-corrected chi connectivity index (χ3v) is 2.77. The number of benzene rings is 1. The van der Waals surface area contributed by atoms with Crippen molar-refractivity contribution in [3.63, 3.8) is 0 Å². The van der Waals surface area contributed by atoms with Crippen molar-refractivity contribution in [2.45, 2.75) is 40.0 Å². The van der Waals surface area contributed by atoms with Gasteiger partial charge in [-0.15, -0.1) is 0 Å². The third-order valence-electron chi connectivity index (χ3n) is 2.77. The normalized spacial score (nSPS) is 12.2. The number of amides is 1. The Balaban J connectivity index is 2.61. The number of carbonyl (C=O) groups is 1. The topological polar surface area (TPSA) is 29.1 Å². The molecule has 0 saturated heterocycles. The van der Waals surface area contributed by atoms with Gasteiger partial charge in [0.2, 0.25) is 5.91 Å². The molecule has 0 aliphatic heterocycles. The van der Waals surface area contributed by atoms with Gasteiger partial charge in [-0.1, -0.05) is 39.3 Å². The van der Waals surface area contributed by atoms with Gasteiger partial charge in [0.25, 0.3) is 0 Å². The highest BCUT2D eigenvalue weighted by atomic mass is 16.1. The molecule has 0 saturated carbocycles. The molecule has 2 nitrogen and oxygen atoms in total. The van der Waals surface area contributed by atoms with E-state index in [0.29, 0.717) is 0 Å². The molecule has 16 heavy (non-hydrogen) atoms. The van der Waals surface area contributed by atoms with E-state index in [0.717, 1.165) is 24.9 Å². The molecular weight excluding hydrogens is 198 g/mol. The van der Waals surface area contributed by atoms with E-state index < -0.39 is 0 Å². The van der Waals surface area contributed by atoms with Crippen LogP contribution in [0, 0.1) is 5.92 Å². The Kier molecular flexibility index (Phi) is 5.03. The molecule has 1 amide bonds. The van der Waals surface area contributed by atoms with Crippen LogP contribution in [-0.4, -0.2) is 5.91 Å². The lowest BCUT2D eigenvalue weighted by Gasteiger charge is -2.11. The zero-order valence-electron chi connectivity index (χ0n) is 10.4. The second-order valence-corrected chi connectivity index (χ2v) is 4.23. The fourth-order valence-corrected chi connectivity index (χ4v) is 1.70. The Morgan fingerprint density at radius 1 is 1.38 bits per heavy atom. The van der Waals surface area contributed by atoms with E-state index in [1.54, 1.807) is 0 Å². The molecule has 2 heteroatoms. The van der Waals surface area contributed by atoms with Gasteiger partial charge < -0.3 is 5.32 Å². The summed E-state index contributed by atoms with van der Waals surface area (Å²) in [6.45, 7) is 6.19. The summed E-state index contributed by atoms with van der Waals surface area (Å²) >= 11 is 0. The van der Waals surface area contributed by atoms with Crippen molar-refractivity contribution in [3.8, 4) is 0 Å². The van der Waals surface area contributed by atoms with Crippen molar-refractivity contribution < 1.29 is 4.79 Å². The number of nitrogens with one attached hydrogen (secondary N) is 1. The molecule has 1 aromatic carbocycles. The highest BCUT2D eigenvalue weighted by molar-refractivity contribution is 5.92. The van der Waals surface area contributed by atoms with Crippen LogP contribution in [0.1, 0.15) is 39.2 Å². The molecule has 88 valence electrons. The maximum absolute atomic E-state index is 11.8. The summed E-state index contributed by atoms with van der Waals surface area (Å²) in [5, 5.41) is 2.96. The Labute approximate surface area is 98.1 Å². The number of rotatable bonds is 5. The molecule has 1 unspecified atom stereocenters. The van der Waals surface area contributed by atoms with Gasteiger partial charge in [0.05, 0.1) is 0 Å². The summed E-state index contributed by atoms with van der Waals surface area (Å²) in [6.07, 6.45) is 2.98. The molecule has 1 rings (SSSR count). The Hall–Kier alpha value is -1.31. The minimum atomic E-state index is 0.0929. The zero-order chi connectivity index (χ0) is 12.0. The molecule has 0 radical (unpaired) electrons. The molecule has 0 spiro atoms. The van der Waals surface area contributed by atoms with E-state index >= 15 is 0 Å². The average Bonchev–Trinajstić information content (AvgIpc) is 2.29. The monoisotopic (exact) mass is 219 g/mol. The fourth-order valence-electron chi connectivity index (χ4n) is 1.70. The lowest BCUT2D eigenvalue weighted by Crippen LogP contribution is -2.20. The summed E-state index contributed by atoms with van der Waals surface area (Å²) in [7, 11) is 0. The number of aryl methyl sites for hydroxylation is 1. The van der Waals surface area contributed by atoms with E-state index in [1.807, 2.05) is 25.1 Å². The van der Waals surface area contributed by atoms with Crippen LogP contribution in [0.3, 0.4) is 0 Å². The molecule has 0 aliphatic rings. The van der Waals surface area contributed by atoms with E-state index in [2.05, 4.69) is 25.2 Å². The van der Waals surface area contributed by atoms with Crippen molar-refractivity contribution >= 4 is 11.6 Å². The van der Waals surface area contributed by atoms with Crippen LogP contribution in [0.2, 0.25) is 0 Å². The number of anilines is 1. The first kappa shape index (κ1) is 12.8. The first-order valence-corrected chi connectivity index (χ1v) is 6.07. The van der Waals surface area contributed by atoms with Gasteiger partial charge in [0, 0.05) is 11.6 Å². The van der Waals surface area contributed by atoms with E-state index in [-0.39, 0.29) is 11.8 Å². The second-order valence-electron chi connectivity index (χ2n) is 4.23. The fraction of sp³-hybridized carbons (Fsp3) is 0.500. The first-order valence-electron chi connectivity index (χ1n) is 6.07. The van der Waals surface area contributed by atoms with Crippen LogP contribution in [-0.2, 0) is 11.2 Å². The molecule has 1 N–H and O–H groups in total. The minimum Gasteiger partial charge on any atom is -0.326 e. The first-order chi connectivity index (χ1) is 7.67. The Bertz CT molecular complexity index is 346. The number of hydrogen-bond donors (Lipinski definition) is 1. The summed E-state index contributed by atoms with van der Waals surface area (Å²) in [5.41, 5.74) is 2.16. The smallest absolute Gasteiger partial charge is 0.227 e. The highest BCUT2D eigenvalue weighted by Crippen LogP contribution is 2.14. The Morgan fingerprint density at radius 3 is 2.75 bits per heavy atom. The lowest BCUT2D eigenvalue weighted by molar-refractivity contribution is -0.119. The van der Waals surface area contributed by atoms with Crippen LogP contribution in [0.5, 0.6) is 0 Å². The van der Waals surface area contributed by atoms with Gasteiger partial charge in [-0.2, -0.15) is 0 Å². The maximum Gasteiger partial charge on any atom is 0.227 e. The van der Waals surface area contributed by atoms with Crippen LogP contribution in [0.15, 0.2) is 24.3 Å². The summed E-state index contributed by atoms with van der Waals surface area (Å²) < 4.78 is 0. The van der Waals surface area contributed by atoms with Gasteiger partial charge >= 0.3 is 0 Å². The molecular formula is C14H21NO. The van der Waals surface area contributed by atoms with Gasteiger partial charge in [-0.05, 0) is 30.5 Å². The zero-order valence-corrected chi connectivity index (χ0v) is 10.4. The van der Waals surface area contributed by atoms with Crippen molar-refractivity contribution in [2.75, 3.05) is 5.32 Å². The van der Waals surface area contributed by atoms with E-state index in [4.69, 9.17) is 0 Å². The van der Waals surface area contributed by atoms with Crippen molar-refractivity contribution in [1.82, 2.24) is 0 Å².